The molecule has 3 nitrogen and oxygen atoms in total. The van der Waals surface area contributed by atoms with Gasteiger partial charge in [0, 0.05) is 12.6 Å². The molecule has 1 fully saturated rings. The van der Waals surface area contributed by atoms with Gasteiger partial charge in [-0.2, -0.15) is 5.48 Å². The average molecular weight is 172 g/mol. The molecule has 0 bridgehead atoms. The first kappa shape index (κ1) is 9.96. The molecule has 1 atom stereocenters. The lowest BCUT2D eigenvalue weighted by molar-refractivity contribution is -0.0906. The standard InChI is InChI=1S/C9H20N2O/c1-9(2,3)12-11-8-5-4-6-10-7-8/h8,10-11H,4-7H2,1-3H3. The lowest BCUT2D eigenvalue weighted by Crippen LogP contribution is -2.45. The molecule has 2 N–H and O–H groups in total. The van der Waals surface area contributed by atoms with Crippen molar-refractivity contribution in [2.45, 2.75) is 45.3 Å². The number of piperidine rings is 1. The summed E-state index contributed by atoms with van der Waals surface area (Å²) < 4.78 is 0. The summed E-state index contributed by atoms with van der Waals surface area (Å²) >= 11 is 0. The van der Waals surface area contributed by atoms with Crippen LogP contribution in [0.3, 0.4) is 0 Å². The fourth-order valence-corrected chi connectivity index (χ4v) is 1.21. The van der Waals surface area contributed by atoms with E-state index >= 15 is 0 Å². The summed E-state index contributed by atoms with van der Waals surface area (Å²) in [6.45, 7) is 8.33. The predicted octanol–water partition coefficient (Wildman–Crippen LogP) is 1.06. The molecule has 0 aromatic rings. The Hall–Kier alpha value is -0.120. The summed E-state index contributed by atoms with van der Waals surface area (Å²) in [6, 6.07) is 0.484. The van der Waals surface area contributed by atoms with Crippen molar-refractivity contribution in [2.75, 3.05) is 13.1 Å². The van der Waals surface area contributed by atoms with E-state index in [0.29, 0.717) is 6.04 Å². The Morgan fingerprint density at radius 3 is 2.67 bits per heavy atom. The Labute approximate surface area is 74.8 Å². The fourth-order valence-electron chi connectivity index (χ4n) is 1.21. The molecule has 72 valence electrons. The van der Waals surface area contributed by atoms with Gasteiger partial charge in [-0.05, 0) is 40.2 Å². The van der Waals surface area contributed by atoms with E-state index in [1.165, 1.54) is 12.8 Å². The largest absolute Gasteiger partial charge is 0.315 e. The van der Waals surface area contributed by atoms with Crippen LogP contribution in [0, 0.1) is 0 Å². The van der Waals surface area contributed by atoms with E-state index in [-0.39, 0.29) is 5.60 Å². The first-order valence-electron chi connectivity index (χ1n) is 4.72. The Morgan fingerprint density at radius 1 is 1.42 bits per heavy atom. The van der Waals surface area contributed by atoms with Crippen molar-refractivity contribution in [3.8, 4) is 0 Å². The highest BCUT2D eigenvalue weighted by Crippen LogP contribution is 2.07. The van der Waals surface area contributed by atoms with Gasteiger partial charge in [0.15, 0.2) is 0 Å². The lowest BCUT2D eigenvalue weighted by atomic mass is 10.1. The molecule has 1 saturated heterocycles. The maximum Gasteiger partial charge on any atom is 0.0813 e. The first-order chi connectivity index (χ1) is 5.58. The van der Waals surface area contributed by atoms with Crippen LogP contribution in [0.15, 0.2) is 0 Å². The quantitative estimate of drug-likeness (QED) is 0.611. The minimum Gasteiger partial charge on any atom is -0.315 e. The van der Waals surface area contributed by atoms with Crippen LogP contribution in [0.4, 0.5) is 0 Å². The van der Waals surface area contributed by atoms with Crippen LogP contribution in [0.25, 0.3) is 0 Å². The molecule has 0 aliphatic carbocycles. The molecular formula is C9H20N2O. The first-order valence-corrected chi connectivity index (χ1v) is 4.72. The maximum absolute atomic E-state index is 5.48. The monoisotopic (exact) mass is 172 g/mol. The van der Waals surface area contributed by atoms with Crippen molar-refractivity contribution in [2.24, 2.45) is 0 Å². The summed E-state index contributed by atoms with van der Waals surface area (Å²) in [5, 5.41) is 3.33. The van der Waals surface area contributed by atoms with Crippen molar-refractivity contribution in [1.82, 2.24) is 10.8 Å². The number of hydrogen-bond acceptors (Lipinski definition) is 3. The molecule has 1 rings (SSSR count). The van der Waals surface area contributed by atoms with Gasteiger partial charge >= 0.3 is 0 Å². The van der Waals surface area contributed by atoms with E-state index in [0.717, 1.165) is 13.1 Å². The highest BCUT2D eigenvalue weighted by Gasteiger charge is 2.16. The van der Waals surface area contributed by atoms with Gasteiger partial charge in [-0.3, -0.25) is 4.84 Å². The zero-order valence-corrected chi connectivity index (χ0v) is 8.31. The fraction of sp³-hybridized carbons (Fsp3) is 1.00. The second-order valence-corrected chi connectivity index (χ2v) is 4.38. The topological polar surface area (TPSA) is 33.3 Å². The van der Waals surface area contributed by atoms with Gasteiger partial charge in [-0.15, -0.1) is 0 Å². The molecule has 0 radical (unpaired) electrons. The molecule has 0 spiro atoms. The summed E-state index contributed by atoms with van der Waals surface area (Å²) in [6.07, 6.45) is 2.45. The second-order valence-electron chi connectivity index (χ2n) is 4.38. The molecule has 1 heterocycles. The molecule has 1 aliphatic rings. The van der Waals surface area contributed by atoms with Gasteiger partial charge < -0.3 is 5.32 Å². The number of nitrogens with one attached hydrogen (secondary N) is 2. The Kier molecular flexibility index (Phi) is 3.50. The van der Waals surface area contributed by atoms with E-state index in [2.05, 4.69) is 31.6 Å². The molecule has 0 amide bonds. The molecule has 12 heavy (non-hydrogen) atoms. The van der Waals surface area contributed by atoms with Crippen LogP contribution in [-0.4, -0.2) is 24.7 Å². The third-order valence-electron chi connectivity index (χ3n) is 1.83. The maximum atomic E-state index is 5.48. The Morgan fingerprint density at radius 2 is 2.17 bits per heavy atom. The van der Waals surface area contributed by atoms with E-state index in [9.17, 15) is 0 Å². The smallest absolute Gasteiger partial charge is 0.0813 e. The van der Waals surface area contributed by atoms with Gasteiger partial charge in [0.05, 0.1) is 5.60 Å². The highest BCUT2D eigenvalue weighted by atomic mass is 16.7. The van der Waals surface area contributed by atoms with E-state index in [4.69, 9.17) is 4.84 Å². The van der Waals surface area contributed by atoms with E-state index in [1.54, 1.807) is 0 Å². The Balaban J connectivity index is 2.13. The molecule has 0 aromatic carbocycles. The highest BCUT2D eigenvalue weighted by molar-refractivity contribution is 4.72. The number of hydroxylamine groups is 1. The summed E-state index contributed by atoms with van der Waals surface area (Å²) in [4.78, 5) is 5.48. The SMILES string of the molecule is CC(C)(C)ONC1CCCNC1. The van der Waals surface area contributed by atoms with Crippen molar-refractivity contribution in [3.63, 3.8) is 0 Å². The van der Waals surface area contributed by atoms with Crippen molar-refractivity contribution in [3.05, 3.63) is 0 Å². The second kappa shape index (κ2) is 4.21. The minimum absolute atomic E-state index is 0.0859. The van der Waals surface area contributed by atoms with Crippen LogP contribution < -0.4 is 10.8 Å². The minimum atomic E-state index is -0.0859. The Bertz CT molecular complexity index is 125. The van der Waals surface area contributed by atoms with Crippen molar-refractivity contribution in [1.29, 1.82) is 0 Å². The summed E-state index contributed by atoms with van der Waals surface area (Å²) in [7, 11) is 0. The molecule has 1 unspecified atom stereocenters. The molecule has 3 heteroatoms. The molecular weight excluding hydrogens is 152 g/mol. The summed E-state index contributed by atoms with van der Waals surface area (Å²) in [5.41, 5.74) is 3.01. The lowest BCUT2D eigenvalue weighted by Gasteiger charge is -2.27. The van der Waals surface area contributed by atoms with Crippen LogP contribution in [0.2, 0.25) is 0 Å². The number of hydrogen-bond donors (Lipinski definition) is 2. The van der Waals surface area contributed by atoms with E-state index in [1.807, 2.05) is 0 Å². The van der Waals surface area contributed by atoms with Crippen LogP contribution in [0.5, 0.6) is 0 Å². The van der Waals surface area contributed by atoms with Gasteiger partial charge in [-0.25, -0.2) is 0 Å². The zero-order chi connectivity index (χ0) is 9.03. The van der Waals surface area contributed by atoms with Gasteiger partial charge in [0.1, 0.15) is 0 Å². The van der Waals surface area contributed by atoms with Crippen LogP contribution in [-0.2, 0) is 4.84 Å². The third-order valence-corrected chi connectivity index (χ3v) is 1.83. The third kappa shape index (κ3) is 4.04. The summed E-state index contributed by atoms with van der Waals surface area (Å²) in [5.74, 6) is 0. The van der Waals surface area contributed by atoms with Crippen LogP contribution >= 0.6 is 0 Å². The predicted molar refractivity (Wildman–Crippen MR) is 49.9 cm³/mol. The van der Waals surface area contributed by atoms with Crippen molar-refractivity contribution >= 4 is 0 Å². The number of rotatable bonds is 2. The van der Waals surface area contributed by atoms with Gasteiger partial charge in [0.2, 0.25) is 0 Å². The van der Waals surface area contributed by atoms with Gasteiger partial charge in [-0.1, -0.05) is 0 Å². The normalized spacial score (nSPS) is 25.8. The zero-order valence-electron chi connectivity index (χ0n) is 8.31. The van der Waals surface area contributed by atoms with Crippen molar-refractivity contribution < 1.29 is 4.84 Å². The average Bonchev–Trinajstić information content (AvgIpc) is 2.02. The molecule has 0 aromatic heterocycles. The molecule has 1 aliphatic heterocycles. The van der Waals surface area contributed by atoms with Gasteiger partial charge in [0.25, 0.3) is 0 Å². The van der Waals surface area contributed by atoms with E-state index < -0.39 is 0 Å². The molecule has 0 saturated carbocycles. The van der Waals surface area contributed by atoms with Crippen LogP contribution in [0.1, 0.15) is 33.6 Å².